The number of benzene rings is 1. The summed E-state index contributed by atoms with van der Waals surface area (Å²) >= 11 is 0. The number of amides is 1. The molecule has 2 unspecified atom stereocenters. The van der Waals surface area contributed by atoms with E-state index in [0.29, 0.717) is 60.8 Å². The van der Waals surface area contributed by atoms with Gasteiger partial charge < -0.3 is 30.7 Å². The summed E-state index contributed by atoms with van der Waals surface area (Å²) in [5.74, 6) is 5.61. The molecule has 320 valence electrons. The Kier molecular flexibility index (Phi) is 25.8. The van der Waals surface area contributed by atoms with Crippen molar-refractivity contribution in [3.63, 3.8) is 0 Å². The molecular formula is C47H74N8O3. The summed E-state index contributed by atoms with van der Waals surface area (Å²) in [5, 5.41) is 6.08. The number of unbranched alkanes of at least 4 members (excludes halogenated alkanes) is 1. The van der Waals surface area contributed by atoms with E-state index < -0.39 is 0 Å². The SMILES string of the molecule is C#CCC.C/C=N\N1C=CC(Oc2ccc(N=C(N)c3nc(C)c(OCC(CC)N(CCCC(C)CC)C(=O)/C=C/CN(C)C)cc3C)cc2C)=CC1.CCCCN. The van der Waals surface area contributed by atoms with Crippen LogP contribution in [-0.4, -0.2) is 90.7 Å². The van der Waals surface area contributed by atoms with Gasteiger partial charge in [-0.2, -0.15) is 5.10 Å². The van der Waals surface area contributed by atoms with Crippen molar-refractivity contribution in [2.24, 2.45) is 27.5 Å². The number of amidine groups is 1. The molecule has 1 aromatic heterocycles. The molecule has 0 aliphatic carbocycles. The number of carbonyl (C=O) groups is 1. The smallest absolute Gasteiger partial charge is 0.246 e. The molecular weight excluding hydrogens is 725 g/mol. The number of nitrogens with zero attached hydrogens (tertiary/aromatic N) is 6. The van der Waals surface area contributed by atoms with Crippen molar-refractivity contribution in [3.8, 4) is 23.8 Å². The van der Waals surface area contributed by atoms with Crippen LogP contribution in [0, 0.1) is 39.0 Å². The van der Waals surface area contributed by atoms with Crippen molar-refractivity contribution in [2.45, 2.75) is 113 Å². The molecule has 11 nitrogen and oxygen atoms in total. The summed E-state index contributed by atoms with van der Waals surface area (Å²) in [6.07, 6.45) is 23.1. The van der Waals surface area contributed by atoms with E-state index in [0.717, 1.165) is 61.3 Å². The lowest BCUT2D eigenvalue weighted by atomic mass is 10.0. The standard InChI is InChI=1S/C39H57N7O3.C4H11N.C4H6/c1-10-28(4)15-13-22-46(37(47)16-14-21-44(8)9)33(11-2)27-48-36-26-30(6)38(42-31(36)7)39(40)43-32-17-18-35(29(5)25-32)49-34-19-23-45(24-20-34)41-12-3;1-2-3-4-5;1-3-4-2/h12,14,16-20,23,25-26,28,33H,10-11,13,15,21-22,24,27H2,1-9H3,(H2,40,43);2-5H2,1H3;1H,4H2,2H3/b16-14+,41-12-;;. The van der Waals surface area contributed by atoms with Gasteiger partial charge in [-0.25, -0.2) is 9.98 Å². The molecule has 0 bridgehead atoms. The number of terminal acetylenes is 1. The Morgan fingerprint density at radius 2 is 1.81 bits per heavy atom. The molecule has 0 saturated heterocycles. The Hall–Kier alpha value is -4.92. The van der Waals surface area contributed by atoms with Crippen LogP contribution >= 0.6 is 0 Å². The number of hydrazone groups is 1. The van der Waals surface area contributed by atoms with Gasteiger partial charge in [0.1, 0.15) is 35.4 Å². The van der Waals surface area contributed by atoms with Crippen LogP contribution in [0.3, 0.4) is 0 Å². The first-order valence-electron chi connectivity index (χ1n) is 20.9. The number of ether oxygens (including phenoxy) is 2. The molecule has 1 aromatic carbocycles. The van der Waals surface area contributed by atoms with Gasteiger partial charge in [-0.3, -0.25) is 9.80 Å². The predicted octanol–water partition coefficient (Wildman–Crippen LogP) is 8.85. The second-order valence-electron chi connectivity index (χ2n) is 14.6. The zero-order valence-corrected chi connectivity index (χ0v) is 37.6. The van der Waals surface area contributed by atoms with Gasteiger partial charge in [0.25, 0.3) is 0 Å². The first-order chi connectivity index (χ1) is 27.8. The summed E-state index contributed by atoms with van der Waals surface area (Å²) in [7, 11) is 3.98. The summed E-state index contributed by atoms with van der Waals surface area (Å²) in [6, 6.07) is 7.62. The van der Waals surface area contributed by atoms with Crippen molar-refractivity contribution in [1.82, 2.24) is 19.8 Å². The normalized spacial score (nSPS) is 13.6. The van der Waals surface area contributed by atoms with Gasteiger partial charge in [-0.1, -0.05) is 53.5 Å². The van der Waals surface area contributed by atoms with E-state index in [9.17, 15) is 4.79 Å². The summed E-state index contributed by atoms with van der Waals surface area (Å²) in [5.41, 5.74) is 15.5. The van der Waals surface area contributed by atoms with Crippen LogP contribution in [0.2, 0.25) is 0 Å². The number of hydrogen-bond donors (Lipinski definition) is 2. The molecule has 1 aliphatic heterocycles. The molecule has 58 heavy (non-hydrogen) atoms. The highest BCUT2D eigenvalue weighted by molar-refractivity contribution is 5.98. The van der Waals surface area contributed by atoms with Crippen molar-refractivity contribution in [1.29, 1.82) is 0 Å². The molecule has 0 spiro atoms. The van der Waals surface area contributed by atoms with E-state index in [-0.39, 0.29) is 11.9 Å². The molecule has 3 rings (SSSR count). The van der Waals surface area contributed by atoms with Crippen LogP contribution in [0.25, 0.3) is 0 Å². The fraction of sp³-hybridized carbons (Fsp3) is 0.532. The lowest BCUT2D eigenvalue weighted by molar-refractivity contribution is -0.129. The third-order valence-electron chi connectivity index (χ3n) is 9.30. The average Bonchev–Trinajstić information content (AvgIpc) is 3.20. The van der Waals surface area contributed by atoms with Gasteiger partial charge in [0.2, 0.25) is 5.91 Å². The molecule has 1 aliphatic rings. The van der Waals surface area contributed by atoms with Gasteiger partial charge in [0, 0.05) is 38.0 Å². The minimum Gasteiger partial charge on any atom is -0.490 e. The minimum absolute atomic E-state index is 0.0264. The van der Waals surface area contributed by atoms with E-state index in [1.165, 1.54) is 12.8 Å². The number of hydrogen-bond acceptors (Lipinski definition) is 9. The zero-order chi connectivity index (χ0) is 43.5. The van der Waals surface area contributed by atoms with Gasteiger partial charge in [-0.15, -0.1) is 12.3 Å². The number of aliphatic imine (C=N–C) groups is 1. The quantitative estimate of drug-likeness (QED) is 0.0588. The number of allylic oxidation sites excluding steroid dienone is 1. The topological polar surface area (TPSA) is 135 Å². The lowest BCUT2D eigenvalue weighted by Crippen LogP contribution is -2.43. The Labute approximate surface area is 351 Å². The maximum atomic E-state index is 13.3. The predicted molar refractivity (Wildman–Crippen MR) is 245 cm³/mol. The van der Waals surface area contributed by atoms with E-state index in [2.05, 4.69) is 43.7 Å². The number of carbonyl (C=O) groups excluding carboxylic acids is 1. The third-order valence-corrected chi connectivity index (χ3v) is 9.30. The Bertz CT molecular complexity index is 1700. The second kappa shape index (κ2) is 29.3. The lowest BCUT2D eigenvalue weighted by Gasteiger charge is -2.31. The third kappa shape index (κ3) is 19.5. The largest absolute Gasteiger partial charge is 0.490 e. The van der Waals surface area contributed by atoms with Crippen LogP contribution in [0.4, 0.5) is 5.69 Å². The minimum atomic E-state index is -0.0648. The Morgan fingerprint density at radius 3 is 2.34 bits per heavy atom. The van der Waals surface area contributed by atoms with E-state index >= 15 is 0 Å². The Morgan fingerprint density at radius 1 is 1.09 bits per heavy atom. The van der Waals surface area contributed by atoms with E-state index in [4.69, 9.17) is 32.3 Å². The van der Waals surface area contributed by atoms with Gasteiger partial charge >= 0.3 is 0 Å². The van der Waals surface area contributed by atoms with Crippen LogP contribution in [0.15, 0.2) is 70.6 Å². The van der Waals surface area contributed by atoms with E-state index in [1.807, 2.05) is 112 Å². The molecule has 2 aromatic rings. The fourth-order valence-corrected chi connectivity index (χ4v) is 5.57. The molecule has 0 radical (unpaired) electrons. The van der Waals surface area contributed by atoms with Gasteiger partial charge in [0.05, 0.1) is 24.0 Å². The second-order valence-corrected chi connectivity index (χ2v) is 14.6. The number of aryl methyl sites for hydroxylation is 3. The van der Waals surface area contributed by atoms with Crippen molar-refractivity contribution >= 4 is 23.6 Å². The molecule has 2 heterocycles. The van der Waals surface area contributed by atoms with Crippen LogP contribution in [-0.2, 0) is 4.79 Å². The van der Waals surface area contributed by atoms with Crippen molar-refractivity contribution in [2.75, 3.05) is 46.9 Å². The summed E-state index contributed by atoms with van der Waals surface area (Å²) in [4.78, 5) is 26.8. The highest BCUT2D eigenvalue weighted by atomic mass is 16.5. The van der Waals surface area contributed by atoms with Crippen LogP contribution in [0.1, 0.15) is 109 Å². The molecule has 1 amide bonds. The van der Waals surface area contributed by atoms with Crippen molar-refractivity contribution < 1.29 is 14.3 Å². The van der Waals surface area contributed by atoms with Gasteiger partial charge in [0.15, 0.2) is 0 Å². The number of pyridine rings is 1. The first kappa shape index (κ1) is 51.1. The maximum absolute atomic E-state index is 13.3. The van der Waals surface area contributed by atoms with E-state index in [1.54, 1.807) is 12.3 Å². The fourth-order valence-electron chi connectivity index (χ4n) is 5.57. The zero-order valence-electron chi connectivity index (χ0n) is 37.6. The Balaban J connectivity index is 0.00000168. The van der Waals surface area contributed by atoms with Crippen molar-refractivity contribution in [3.05, 3.63) is 83.0 Å². The van der Waals surface area contributed by atoms with Crippen LogP contribution in [0.5, 0.6) is 11.5 Å². The maximum Gasteiger partial charge on any atom is 0.246 e. The highest BCUT2D eigenvalue weighted by Gasteiger charge is 2.22. The summed E-state index contributed by atoms with van der Waals surface area (Å²) in [6.45, 7) is 21.7. The number of likely N-dealkylation sites (N-methyl/N-ethyl adjacent to an activating group) is 1. The molecule has 11 heteroatoms. The molecule has 0 fully saturated rings. The molecule has 2 atom stereocenters. The average molecular weight is 799 g/mol. The molecule has 4 N–H and O–H groups in total. The number of aromatic nitrogens is 1. The monoisotopic (exact) mass is 799 g/mol. The molecule has 0 saturated carbocycles. The highest BCUT2D eigenvalue weighted by Crippen LogP contribution is 2.27. The number of nitrogens with two attached hydrogens (primary N) is 2. The first-order valence-corrected chi connectivity index (χ1v) is 20.9. The summed E-state index contributed by atoms with van der Waals surface area (Å²) < 4.78 is 12.5. The van der Waals surface area contributed by atoms with Crippen LogP contribution < -0.4 is 20.9 Å². The number of rotatable bonds is 20. The van der Waals surface area contributed by atoms with Gasteiger partial charge in [-0.05, 0) is 127 Å².